The fourth-order valence-corrected chi connectivity index (χ4v) is 2.89. The van der Waals surface area contributed by atoms with Crippen LogP contribution in [0.3, 0.4) is 0 Å². The molecular formula is C18H20ClN5O2. The molecule has 1 aromatic carbocycles. The van der Waals surface area contributed by atoms with Gasteiger partial charge in [0, 0.05) is 30.4 Å². The minimum atomic E-state index is -0.373. The van der Waals surface area contributed by atoms with Crippen LogP contribution in [0.15, 0.2) is 40.1 Å². The lowest BCUT2D eigenvalue weighted by Gasteiger charge is -2.12. The molecule has 0 saturated heterocycles. The van der Waals surface area contributed by atoms with Crippen LogP contribution in [0.4, 0.5) is 0 Å². The summed E-state index contributed by atoms with van der Waals surface area (Å²) in [6.07, 6.45) is 2.19. The summed E-state index contributed by atoms with van der Waals surface area (Å²) < 4.78 is 2.64. The Labute approximate surface area is 155 Å². The highest BCUT2D eigenvalue weighted by molar-refractivity contribution is 6.30. The van der Waals surface area contributed by atoms with Gasteiger partial charge in [-0.2, -0.15) is 0 Å². The van der Waals surface area contributed by atoms with Gasteiger partial charge in [0.05, 0.1) is 0 Å². The molecule has 0 radical (unpaired) electrons. The number of hydrogen-bond donors (Lipinski definition) is 0. The van der Waals surface area contributed by atoms with Crippen molar-refractivity contribution in [3.8, 4) is 11.4 Å². The summed E-state index contributed by atoms with van der Waals surface area (Å²) in [4.78, 5) is 36.1. The maximum Gasteiger partial charge on any atom is 0.332 e. The molecule has 26 heavy (non-hydrogen) atoms. The molecule has 0 bridgehead atoms. The zero-order valence-electron chi connectivity index (χ0n) is 14.9. The monoisotopic (exact) mass is 373 g/mol. The van der Waals surface area contributed by atoms with E-state index in [9.17, 15) is 9.59 Å². The van der Waals surface area contributed by atoms with Gasteiger partial charge < -0.3 is 4.90 Å². The molecule has 136 valence electrons. The fourth-order valence-electron chi connectivity index (χ4n) is 2.76. The Balaban J connectivity index is 2.08. The average molecular weight is 374 g/mol. The second kappa shape index (κ2) is 7.39. The van der Waals surface area contributed by atoms with Crippen molar-refractivity contribution in [2.75, 3.05) is 20.6 Å². The van der Waals surface area contributed by atoms with E-state index in [1.54, 1.807) is 31.3 Å². The number of aryl methyl sites for hydroxylation is 1. The lowest BCUT2D eigenvalue weighted by atomic mass is 10.2. The number of hydrogen-bond acceptors (Lipinski definition) is 5. The van der Waals surface area contributed by atoms with Crippen LogP contribution in [0.25, 0.3) is 22.4 Å². The number of rotatable bonds is 5. The first-order valence-corrected chi connectivity index (χ1v) is 8.63. The zero-order chi connectivity index (χ0) is 18.8. The van der Waals surface area contributed by atoms with Crippen LogP contribution in [0.2, 0.25) is 5.02 Å². The second-order valence-electron chi connectivity index (χ2n) is 6.39. The van der Waals surface area contributed by atoms with Crippen molar-refractivity contribution in [3.63, 3.8) is 0 Å². The van der Waals surface area contributed by atoms with E-state index in [0.29, 0.717) is 34.8 Å². The molecule has 0 amide bonds. The van der Waals surface area contributed by atoms with Crippen LogP contribution in [0, 0.1) is 0 Å². The molecule has 7 nitrogen and oxygen atoms in total. The van der Waals surface area contributed by atoms with E-state index in [-0.39, 0.29) is 11.2 Å². The molecule has 0 aliphatic heterocycles. The Morgan fingerprint density at radius 1 is 1.15 bits per heavy atom. The Kier molecular flexibility index (Phi) is 5.20. The van der Waals surface area contributed by atoms with Gasteiger partial charge in [0.15, 0.2) is 11.5 Å². The Hall–Kier alpha value is -2.51. The third-order valence-corrected chi connectivity index (χ3v) is 4.42. The second-order valence-corrected chi connectivity index (χ2v) is 6.83. The van der Waals surface area contributed by atoms with E-state index in [1.165, 1.54) is 15.3 Å². The van der Waals surface area contributed by atoms with E-state index < -0.39 is 0 Å². The summed E-state index contributed by atoms with van der Waals surface area (Å²) in [6, 6.07) is 7.08. The smallest absolute Gasteiger partial charge is 0.309 e. The number of benzene rings is 1. The minimum Gasteiger partial charge on any atom is -0.309 e. The largest absolute Gasteiger partial charge is 0.332 e. The standard InChI is InChI=1S/C18H20ClN5O2/c1-22(2)9-4-10-24-17(25)14-11-20-15(12-5-7-13(19)8-6-12)21-16(14)23(3)18(24)26/h5-8,11H,4,9-10H2,1-3H3. The summed E-state index contributed by atoms with van der Waals surface area (Å²) in [5.74, 6) is 0.439. The van der Waals surface area contributed by atoms with Crippen molar-refractivity contribution in [2.24, 2.45) is 7.05 Å². The molecular weight excluding hydrogens is 354 g/mol. The normalized spacial score (nSPS) is 11.4. The Morgan fingerprint density at radius 3 is 2.50 bits per heavy atom. The molecule has 3 aromatic rings. The molecule has 0 aliphatic rings. The highest BCUT2D eigenvalue weighted by Gasteiger charge is 2.14. The van der Waals surface area contributed by atoms with Gasteiger partial charge in [-0.05, 0) is 51.3 Å². The van der Waals surface area contributed by atoms with E-state index >= 15 is 0 Å². The van der Waals surface area contributed by atoms with Crippen LogP contribution >= 0.6 is 11.6 Å². The molecule has 0 unspecified atom stereocenters. The first-order chi connectivity index (χ1) is 12.4. The Morgan fingerprint density at radius 2 is 1.85 bits per heavy atom. The van der Waals surface area contributed by atoms with Crippen LogP contribution in [0.1, 0.15) is 6.42 Å². The van der Waals surface area contributed by atoms with Crippen molar-refractivity contribution < 1.29 is 0 Å². The number of aromatic nitrogens is 4. The topological polar surface area (TPSA) is 73.0 Å². The van der Waals surface area contributed by atoms with Crippen molar-refractivity contribution in [2.45, 2.75) is 13.0 Å². The molecule has 2 aromatic heterocycles. The Bertz CT molecular complexity index is 1050. The van der Waals surface area contributed by atoms with Crippen molar-refractivity contribution in [3.05, 3.63) is 56.3 Å². The molecule has 2 heterocycles. The number of nitrogens with zero attached hydrogens (tertiary/aromatic N) is 5. The highest BCUT2D eigenvalue weighted by atomic mass is 35.5. The average Bonchev–Trinajstić information content (AvgIpc) is 2.62. The van der Waals surface area contributed by atoms with Gasteiger partial charge in [0.25, 0.3) is 5.56 Å². The molecule has 0 spiro atoms. The molecule has 3 rings (SSSR count). The van der Waals surface area contributed by atoms with E-state index in [0.717, 1.165) is 12.1 Å². The molecule has 0 atom stereocenters. The van der Waals surface area contributed by atoms with Gasteiger partial charge in [0.2, 0.25) is 0 Å². The van der Waals surface area contributed by atoms with Gasteiger partial charge in [-0.1, -0.05) is 11.6 Å². The summed E-state index contributed by atoms with van der Waals surface area (Å²) in [7, 11) is 5.52. The van der Waals surface area contributed by atoms with E-state index in [4.69, 9.17) is 11.6 Å². The summed E-state index contributed by atoms with van der Waals surface area (Å²) in [5.41, 5.74) is 0.356. The molecule has 0 fully saturated rings. The third kappa shape index (κ3) is 3.54. The minimum absolute atomic E-state index is 0.323. The number of fused-ring (bicyclic) bond motifs is 1. The first-order valence-electron chi connectivity index (χ1n) is 8.25. The summed E-state index contributed by atoms with van der Waals surface area (Å²) >= 11 is 5.91. The van der Waals surface area contributed by atoms with Gasteiger partial charge >= 0.3 is 5.69 Å². The SMILES string of the molecule is CN(C)CCCn1c(=O)c2cnc(-c3ccc(Cl)cc3)nc2n(C)c1=O. The summed E-state index contributed by atoms with van der Waals surface area (Å²) in [5, 5.41) is 0.942. The number of halogens is 1. The molecule has 0 aliphatic carbocycles. The maximum atomic E-state index is 12.7. The lowest BCUT2D eigenvalue weighted by Crippen LogP contribution is -2.40. The van der Waals surface area contributed by atoms with Crippen molar-refractivity contribution in [1.29, 1.82) is 0 Å². The van der Waals surface area contributed by atoms with Crippen molar-refractivity contribution >= 4 is 22.6 Å². The summed E-state index contributed by atoms with van der Waals surface area (Å²) in [6.45, 7) is 1.15. The van der Waals surface area contributed by atoms with Crippen LogP contribution < -0.4 is 11.2 Å². The molecule has 0 saturated carbocycles. The van der Waals surface area contributed by atoms with Crippen LogP contribution in [-0.2, 0) is 13.6 Å². The highest BCUT2D eigenvalue weighted by Crippen LogP contribution is 2.19. The van der Waals surface area contributed by atoms with Gasteiger partial charge in [-0.3, -0.25) is 13.9 Å². The lowest BCUT2D eigenvalue weighted by molar-refractivity contribution is 0.381. The zero-order valence-corrected chi connectivity index (χ0v) is 15.7. The van der Waals surface area contributed by atoms with Crippen LogP contribution in [0.5, 0.6) is 0 Å². The first kappa shape index (κ1) is 18.3. The molecule has 0 N–H and O–H groups in total. The van der Waals surface area contributed by atoms with E-state index in [2.05, 4.69) is 9.97 Å². The third-order valence-electron chi connectivity index (χ3n) is 4.17. The van der Waals surface area contributed by atoms with Gasteiger partial charge in [-0.15, -0.1) is 0 Å². The van der Waals surface area contributed by atoms with Crippen LogP contribution in [-0.4, -0.2) is 44.6 Å². The molecule has 8 heteroatoms. The predicted molar refractivity (Wildman–Crippen MR) is 103 cm³/mol. The predicted octanol–water partition coefficient (Wildman–Crippen LogP) is 1.76. The van der Waals surface area contributed by atoms with Gasteiger partial charge in [0.1, 0.15) is 5.39 Å². The fraction of sp³-hybridized carbons (Fsp3) is 0.333. The van der Waals surface area contributed by atoms with Gasteiger partial charge in [-0.25, -0.2) is 14.8 Å². The maximum absolute atomic E-state index is 12.7. The van der Waals surface area contributed by atoms with Crippen molar-refractivity contribution in [1.82, 2.24) is 24.0 Å². The quantitative estimate of drug-likeness (QED) is 0.681. The van der Waals surface area contributed by atoms with E-state index in [1.807, 2.05) is 19.0 Å².